The Morgan fingerprint density at radius 3 is 2.50 bits per heavy atom. The van der Waals surface area contributed by atoms with Gasteiger partial charge in [0.05, 0.1) is 4.90 Å². The molecule has 1 atom stereocenters. The predicted octanol–water partition coefficient (Wildman–Crippen LogP) is 2.81. The minimum Gasteiger partial charge on any atom is -0.350 e. The lowest BCUT2D eigenvalue weighted by Crippen LogP contribution is -2.48. The van der Waals surface area contributed by atoms with Gasteiger partial charge in [0.1, 0.15) is 5.25 Å². The van der Waals surface area contributed by atoms with Crippen LogP contribution in [-0.2, 0) is 14.6 Å². The number of carbonyl (C=O) groups excluding carboxylic acids is 1. The highest BCUT2D eigenvalue weighted by Crippen LogP contribution is 2.20. The van der Waals surface area contributed by atoms with Crippen molar-refractivity contribution >= 4 is 27.3 Å². The van der Waals surface area contributed by atoms with Gasteiger partial charge in [0.25, 0.3) is 0 Å². The lowest BCUT2D eigenvalue weighted by atomic mass is 10.0. The molecule has 112 valence electrons. The van der Waals surface area contributed by atoms with Crippen LogP contribution in [0.5, 0.6) is 0 Å². The van der Waals surface area contributed by atoms with Crippen molar-refractivity contribution in [2.75, 3.05) is 0 Å². The summed E-state index contributed by atoms with van der Waals surface area (Å²) in [7, 11) is -3.74. The second-order valence-electron chi connectivity index (χ2n) is 5.37. The molecular weight excluding hydrogens is 298 g/mol. The van der Waals surface area contributed by atoms with Crippen LogP contribution in [-0.4, -0.2) is 25.1 Å². The van der Waals surface area contributed by atoms with Crippen molar-refractivity contribution in [2.45, 2.75) is 49.8 Å². The second kappa shape index (κ2) is 6.14. The number of rotatable bonds is 5. The minimum absolute atomic E-state index is 0.0574. The quantitative estimate of drug-likeness (QED) is 0.908. The van der Waals surface area contributed by atoms with Crippen LogP contribution < -0.4 is 5.32 Å². The van der Waals surface area contributed by atoms with E-state index in [1.54, 1.807) is 12.1 Å². The van der Waals surface area contributed by atoms with E-state index in [-0.39, 0.29) is 4.90 Å². The fourth-order valence-corrected chi connectivity index (χ4v) is 3.08. The molecule has 1 N–H and O–H groups in total. The normalized spacial score (nSPS) is 13.8. The van der Waals surface area contributed by atoms with Gasteiger partial charge in [-0.3, -0.25) is 4.79 Å². The summed E-state index contributed by atoms with van der Waals surface area (Å²) in [5, 5.41) is 1.91. The summed E-state index contributed by atoms with van der Waals surface area (Å²) < 4.78 is 24.8. The maximum Gasteiger partial charge on any atom is 0.238 e. The Kier molecular flexibility index (Phi) is 5.21. The van der Waals surface area contributed by atoms with Crippen LogP contribution in [0.25, 0.3) is 0 Å². The van der Waals surface area contributed by atoms with Crippen LogP contribution in [0.1, 0.15) is 34.1 Å². The van der Waals surface area contributed by atoms with Crippen molar-refractivity contribution < 1.29 is 13.2 Å². The molecule has 0 saturated heterocycles. The van der Waals surface area contributed by atoms with Gasteiger partial charge in [-0.2, -0.15) is 0 Å². The van der Waals surface area contributed by atoms with Crippen molar-refractivity contribution in [3.63, 3.8) is 0 Å². The molecule has 0 unspecified atom stereocenters. The molecule has 0 saturated carbocycles. The van der Waals surface area contributed by atoms with Crippen molar-refractivity contribution in [1.29, 1.82) is 0 Å². The van der Waals surface area contributed by atoms with Crippen molar-refractivity contribution in [1.82, 2.24) is 5.32 Å². The largest absolute Gasteiger partial charge is 0.350 e. The van der Waals surface area contributed by atoms with Gasteiger partial charge in [-0.1, -0.05) is 24.6 Å². The van der Waals surface area contributed by atoms with Gasteiger partial charge >= 0.3 is 0 Å². The molecule has 1 aromatic carbocycles. The summed E-state index contributed by atoms with van der Waals surface area (Å²) in [6.07, 6.45) is 0.711. The van der Waals surface area contributed by atoms with Gasteiger partial charge in [-0.25, -0.2) is 8.42 Å². The molecule has 1 aromatic rings. The molecule has 0 fully saturated rings. The van der Waals surface area contributed by atoms with Gasteiger partial charge in [-0.15, -0.1) is 0 Å². The van der Waals surface area contributed by atoms with E-state index in [0.29, 0.717) is 11.4 Å². The van der Waals surface area contributed by atoms with E-state index in [1.807, 2.05) is 20.8 Å². The van der Waals surface area contributed by atoms with E-state index in [4.69, 9.17) is 11.6 Å². The molecule has 1 rings (SSSR count). The van der Waals surface area contributed by atoms with Crippen LogP contribution in [0.3, 0.4) is 0 Å². The fourth-order valence-electron chi connectivity index (χ4n) is 1.51. The standard InChI is InChI=1S/C14H20ClNO3S/c1-5-14(3,4)16-13(17)10(2)20(18,19)12-8-6-7-11(15)9-12/h6-10H,5H2,1-4H3,(H,16,17)/t10-/m1/s1. The highest BCUT2D eigenvalue weighted by molar-refractivity contribution is 7.92. The number of halogens is 1. The summed E-state index contributed by atoms with van der Waals surface area (Å²) in [6.45, 7) is 7.01. The Balaban J connectivity index is 3.01. The maximum absolute atomic E-state index is 12.4. The highest BCUT2D eigenvalue weighted by atomic mass is 35.5. The molecule has 6 heteroatoms. The van der Waals surface area contributed by atoms with E-state index >= 15 is 0 Å². The van der Waals surface area contributed by atoms with Crippen LogP contribution >= 0.6 is 11.6 Å². The van der Waals surface area contributed by atoms with E-state index in [9.17, 15) is 13.2 Å². The Hall–Kier alpha value is -1.07. The van der Waals surface area contributed by atoms with Gasteiger partial charge in [-0.05, 0) is 45.4 Å². The molecule has 0 spiro atoms. The summed E-state index contributed by atoms with van der Waals surface area (Å²) in [5.41, 5.74) is -0.435. The molecule has 0 bridgehead atoms. The number of sulfone groups is 1. The van der Waals surface area contributed by atoms with E-state index < -0.39 is 26.5 Å². The molecular formula is C14H20ClNO3S. The monoisotopic (exact) mass is 317 g/mol. The summed E-state index contributed by atoms with van der Waals surface area (Å²) in [4.78, 5) is 12.2. The average molecular weight is 318 g/mol. The number of hydrogen-bond acceptors (Lipinski definition) is 3. The molecule has 1 amide bonds. The number of hydrogen-bond donors (Lipinski definition) is 1. The smallest absolute Gasteiger partial charge is 0.238 e. The first-order valence-corrected chi connectivity index (χ1v) is 8.34. The third-order valence-corrected chi connectivity index (χ3v) is 5.60. The summed E-state index contributed by atoms with van der Waals surface area (Å²) >= 11 is 5.80. The minimum atomic E-state index is -3.74. The van der Waals surface area contributed by atoms with Crippen molar-refractivity contribution in [2.24, 2.45) is 0 Å². The number of benzene rings is 1. The lowest BCUT2D eigenvalue weighted by molar-refractivity contribution is -0.122. The Morgan fingerprint density at radius 1 is 1.40 bits per heavy atom. The maximum atomic E-state index is 12.4. The number of carbonyl (C=O) groups is 1. The summed E-state index contributed by atoms with van der Waals surface area (Å²) in [6, 6.07) is 5.93. The van der Waals surface area contributed by atoms with E-state index in [1.165, 1.54) is 19.1 Å². The van der Waals surface area contributed by atoms with Crippen molar-refractivity contribution in [3.05, 3.63) is 29.3 Å². The first-order chi connectivity index (χ1) is 9.10. The predicted molar refractivity (Wildman–Crippen MR) is 80.6 cm³/mol. The topological polar surface area (TPSA) is 63.2 Å². The molecule has 0 aliphatic rings. The Labute approximate surface area is 125 Å². The Morgan fingerprint density at radius 2 is 2.00 bits per heavy atom. The highest BCUT2D eigenvalue weighted by Gasteiger charge is 2.32. The Bertz CT molecular complexity index is 596. The van der Waals surface area contributed by atoms with Crippen LogP contribution in [0.15, 0.2) is 29.2 Å². The van der Waals surface area contributed by atoms with Crippen LogP contribution in [0, 0.1) is 0 Å². The van der Waals surface area contributed by atoms with Gasteiger partial charge in [0.15, 0.2) is 9.84 Å². The number of nitrogens with one attached hydrogen (secondary N) is 1. The second-order valence-corrected chi connectivity index (χ2v) is 8.08. The lowest BCUT2D eigenvalue weighted by Gasteiger charge is -2.26. The molecule has 0 aliphatic heterocycles. The number of amides is 1. The third kappa shape index (κ3) is 3.96. The van der Waals surface area contributed by atoms with Crippen LogP contribution in [0.4, 0.5) is 0 Å². The van der Waals surface area contributed by atoms with Gasteiger partial charge < -0.3 is 5.32 Å². The van der Waals surface area contributed by atoms with Gasteiger partial charge in [0, 0.05) is 10.6 Å². The van der Waals surface area contributed by atoms with E-state index in [0.717, 1.165) is 0 Å². The molecule has 0 radical (unpaired) electrons. The molecule has 4 nitrogen and oxygen atoms in total. The zero-order chi connectivity index (χ0) is 15.6. The van der Waals surface area contributed by atoms with Gasteiger partial charge in [0.2, 0.25) is 5.91 Å². The summed E-state index contributed by atoms with van der Waals surface area (Å²) in [5.74, 6) is -0.503. The molecule has 20 heavy (non-hydrogen) atoms. The first kappa shape index (κ1) is 17.0. The van der Waals surface area contributed by atoms with Crippen molar-refractivity contribution in [3.8, 4) is 0 Å². The van der Waals surface area contributed by atoms with Crippen LogP contribution in [0.2, 0.25) is 5.02 Å². The first-order valence-electron chi connectivity index (χ1n) is 6.41. The zero-order valence-corrected chi connectivity index (χ0v) is 13.7. The fraction of sp³-hybridized carbons (Fsp3) is 0.500. The average Bonchev–Trinajstić information content (AvgIpc) is 2.37. The SMILES string of the molecule is CCC(C)(C)NC(=O)[C@@H](C)S(=O)(=O)c1cccc(Cl)c1. The third-order valence-electron chi connectivity index (χ3n) is 3.30. The molecule has 0 aliphatic carbocycles. The van der Waals surface area contributed by atoms with E-state index in [2.05, 4.69) is 5.32 Å². The molecule has 0 aromatic heterocycles. The molecule has 0 heterocycles. The zero-order valence-electron chi connectivity index (χ0n) is 12.1.